The number of amides is 1. The second-order valence-electron chi connectivity index (χ2n) is 9.85. The lowest BCUT2D eigenvalue weighted by Gasteiger charge is -2.28. The Morgan fingerprint density at radius 3 is 2.63 bits per heavy atom. The molecule has 1 aromatic heterocycles. The summed E-state index contributed by atoms with van der Waals surface area (Å²) < 4.78 is 52.6. The summed E-state index contributed by atoms with van der Waals surface area (Å²) in [7, 11) is 3.07. The Bertz CT molecular complexity index is 1540. The van der Waals surface area contributed by atoms with Crippen molar-refractivity contribution in [1.29, 1.82) is 0 Å². The summed E-state index contributed by atoms with van der Waals surface area (Å²) in [6.45, 7) is 0.947. The lowest BCUT2D eigenvalue weighted by atomic mass is 10.1. The highest BCUT2D eigenvalue weighted by Gasteiger charge is 2.40. The van der Waals surface area contributed by atoms with Gasteiger partial charge in [-0.05, 0) is 31.3 Å². The molecule has 4 rings (SSSR count). The molecule has 2 aromatic carbocycles. The van der Waals surface area contributed by atoms with Crippen LogP contribution in [0.5, 0.6) is 11.6 Å². The van der Waals surface area contributed by atoms with Crippen LogP contribution in [0.2, 0.25) is 5.02 Å². The van der Waals surface area contributed by atoms with E-state index in [2.05, 4.69) is 20.6 Å². The molecule has 41 heavy (non-hydrogen) atoms. The molecule has 220 valence electrons. The third-order valence-electron chi connectivity index (χ3n) is 6.66. The van der Waals surface area contributed by atoms with Crippen LogP contribution in [0.1, 0.15) is 27.5 Å². The van der Waals surface area contributed by atoms with Gasteiger partial charge in [-0.25, -0.2) is 17.8 Å². The van der Waals surface area contributed by atoms with Crippen LogP contribution < -0.4 is 20.1 Å². The normalized spacial score (nSPS) is 16.5. The van der Waals surface area contributed by atoms with Gasteiger partial charge in [-0.1, -0.05) is 35.9 Å². The van der Waals surface area contributed by atoms with Gasteiger partial charge < -0.3 is 25.0 Å². The molecule has 0 aliphatic heterocycles. The minimum Gasteiger partial charge on any atom is -0.495 e. The molecule has 0 radical (unpaired) electrons. The number of benzene rings is 2. The molecule has 1 amide bonds. The van der Waals surface area contributed by atoms with Crippen molar-refractivity contribution < 1.29 is 27.1 Å². The number of hydrogen-bond acceptors (Lipinski definition) is 9. The van der Waals surface area contributed by atoms with Crippen LogP contribution in [0.4, 0.5) is 16.0 Å². The standard InChI is InChI=1S/C27H32ClFN6O5S/c1-34(2)11-10-30-25(36)18-13-22(39-4)21(14-20(18)29)32-27-31-15-19(28)26(33-27)40-23-12-16-8-6-7-9-17(16)24(23)35(3)41(5,37)38/h6-9,13-15,23-24H,10-12H2,1-5H3,(H,30,36)(H,31,32,33)/t23-,24-/m1/s1. The Balaban J connectivity index is 1.57. The Hall–Kier alpha value is -3.52. The van der Waals surface area contributed by atoms with E-state index in [1.54, 1.807) is 0 Å². The molecular formula is C27H32ClFN6O5S. The van der Waals surface area contributed by atoms with Crippen molar-refractivity contribution in [3.8, 4) is 11.6 Å². The Morgan fingerprint density at radius 2 is 1.95 bits per heavy atom. The lowest BCUT2D eigenvalue weighted by molar-refractivity contribution is 0.0946. The number of nitrogens with one attached hydrogen (secondary N) is 2. The second-order valence-corrected chi connectivity index (χ2v) is 12.3. The first kappa shape index (κ1) is 30.4. The van der Waals surface area contributed by atoms with Gasteiger partial charge in [-0.2, -0.15) is 9.29 Å². The molecule has 3 aromatic rings. The molecule has 0 saturated carbocycles. The number of carbonyl (C=O) groups is 1. The number of hydrogen-bond donors (Lipinski definition) is 2. The maximum atomic E-state index is 15.0. The molecule has 2 N–H and O–H groups in total. The molecule has 0 unspecified atom stereocenters. The summed E-state index contributed by atoms with van der Waals surface area (Å²) in [5, 5.41) is 5.67. The first-order chi connectivity index (χ1) is 19.4. The third kappa shape index (κ3) is 7.04. The quantitative estimate of drug-likeness (QED) is 0.338. The van der Waals surface area contributed by atoms with Gasteiger partial charge in [0.05, 0.1) is 36.9 Å². The van der Waals surface area contributed by atoms with Crippen molar-refractivity contribution in [2.24, 2.45) is 0 Å². The number of fused-ring (bicyclic) bond motifs is 1. The van der Waals surface area contributed by atoms with Crippen LogP contribution >= 0.6 is 11.6 Å². The number of rotatable bonds is 11. The van der Waals surface area contributed by atoms with E-state index in [0.29, 0.717) is 19.5 Å². The SMILES string of the molecule is COc1cc(C(=O)NCCN(C)C)c(F)cc1Nc1ncc(Cl)c(O[C@@H]2Cc3ccccc3[C@H]2N(C)S(C)(=O)=O)n1. The van der Waals surface area contributed by atoms with E-state index in [0.717, 1.165) is 23.4 Å². The van der Waals surface area contributed by atoms with E-state index < -0.39 is 33.9 Å². The highest BCUT2D eigenvalue weighted by Crippen LogP contribution is 2.40. The smallest absolute Gasteiger partial charge is 0.254 e. The molecule has 14 heteroatoms. The van der Waals surface area contributed by atoms with Crippen molar-refractivity contribution in [3.05, 3.63) is 70.1 Å². The number of carbonyl (C=O) groups excluding carboxylic acids is 1. The van der Waals surface area contributed by atoms with Gasteiger partial charge in [-0.3, -0.25) is 4.79 Å². The van der Waals surface area contributed by atoms with Crippen molar-refractivity contribution in [2.75, 3.05) is 52.9 Å². The maximum Gasteiger partial charge on any atom is 0.254 e. The number of sulfonamides is 1. The zero-order chi connectivity index (χ0) is 29.9. The summed E-state index contributed by atoms with van der Waals surface area (Å²) in [6.07, 6.45) is 2.26. The molecule has 1 aliphatic rings. The van der Waals surface area contributed by atoms with E-state index in [1.807, 2.05) is 43.3 Å². The number of nitrogens with zero attached hydrogens (tertiary/aromatic N) is 4. The van der Waals surface area contributed by atoms with Crippen molar-refractivity contribution in [1.82, 2.24) is 24.5 Å². The van der Waals surface area contributed by atoms with E-state index in [1.165, 1.54) is 30.7 Å². The van der Waals surface area contributed by atoms with Crippen LogP contribution in [0.25, 0.3) is 0 Å². The lowest BCUT2D eigenvalue weighted by Crippen LogP contribution is -2.38. The maximum absolute atomic E-state index is 15.0. The monoisotopic (exact) mass is 606 g/mol. The summed E-state index contributed by atoms with van der Waals surface area (Å²) in [6, 6.07) is 9.31. The molecular weight excluding hydrogens is 575 g/mol. The highest BCUT2D eigenvalue weighted by molar-refractivity contribution is 7.88. The summed E-state index contributed by atoms with van der Waals surface area (Å²) in [4.78, 5) is 22.9. The minimum absolute atomic E-state index is 0.0187. The molecule has 1 heterocycles. The summed E-state index contributed by atoms with van der Waals surface area (Å²) in [5.41, 5.74) is 1.78. The van der Waals surface area contributed by atoms with Gasteiger partial charge >= 0.3 is 0 Å². The predicted molar refractivity (Wildman–Crippen MR) is 154 cm³/mol. The van der Waals surface area contributed by atoms with Gasteiger partial charge in [0.25, 0.3) is 5.91 Å². The molecule has 2 atom stereocenters. The van der Waals surface area contributed by atoms with Crippen LogP contribution in [-0.4, -0.2) is 87.2 Å². The van der Waals surface area contributed by atoms with E-state index in [4.69, 9.17) is 21.1 Å². The Labute approximate surface area is 243 Å². The molecule has 1 aliphatic carbocycles. The number of anilines is 2. The number of likely N-dealkylation sites (N-methyl/N-ethyl adjacent to an activating group) is 2. The predicted octanol–water partition coefficient (Wildman–Crippen LogP) is 3.25. The molecule has 0 saturated heterocycles. The van der Waals surface area contributed by atoms with Gasteiger partial charge in [0.15, 0.2) is 0 Å². The Kier molecular flexibility index (Phi) is 9.32. The highest BCUT2D eigenvalue weighted by atomic mass is 35.5. The van der Waals surface area contributed by atoms with E-state index >= 15 is 0 Å². The van der Waals surface area contributed by atoms with Gasteiger partial charge in [0.1, 0.15) is 22.7 Å². The molecule has 0 fully saturated rings. The third-order valence-corrected chi connectivity index (χ3v) is 8.19. The number of aromatic nitrogens is 2. The fourth-order valence-electron chi connectivity index (χ4n) is 4.52. The van der Waals surface area contributed by atoms with E-state index in [-0.39, 0.29) is 33.9 Å². The number of ether oxygens (including phenoxy) is 2. The number of halogens is 2. The fourth-order valence-corrected chi connectivity index (χ4v) is 5.32. The number of methoxy groups -OCH3 is 1. The fraction of sp³-hybridized carbons (Fsp3) is 0.370. The zero-order valence-corrected chi connectivity index (χ0v) is 24.9. The van der Waals surface area contributed by atoms with Crippen molar-refractivity contribution in [2.45, 2.75) is 18.6 Å². The van der Waals surface area contributed by atoms with Crippen molar-refractivity contribution in [3.63, 3.8) is 0 Å². The zero-order valence-electron chi connectivity index (χ0n) is 23.3. The van der Waals surface area contributed by atoms with Crippen LogP contribution in [0.15, 0.2) is 42.6 Å². The average molecular weight is 607 g/mol. The van der Waals surface area contributed by atoms with Crippen LogP contribution in [0, 0.1) is 5.82 Å². The van der Waals surface area contributed by atoms with Crippen molar-refractivity contribution >= 4 is 39.2 Å². The first-order valence-electron chi connectivity index (χ1n) is 12.7. The van der Waals surface area contributed by atoms with Gasteiger partial charge in [0.2, 0.25) is 21.9 Å². The van der Waals surface area contributed by atoms with E-state index in [9.17, 15) is 17.6 Å². The van der Waals surface area contributed by atoms with Crippen LogP contribution in [-0.2, 0) is 16.4 Å². The molecule has 0 bridgehead atoms. The van der Waals surface area contributed by atoms with Gasteiger partial charge in [0, 0.05) is 32.6 Å². The topological polar surface area (TPSA) is 126 Å². The average Bonchev–Trinajstić information content (AvgIpc) is 3.27. The second kappa shape index (κ2) is 12.6. The molecule has 0 spiro atoms. The Morgan fingerprint density at radius 1 is 1.22 bits per heavy atom. The largest absolute Gasteiger partial charge is 0.495 e. The van der Waals surface area contributed by atoms with Crippen LogP contribution in [0.3, 0.4) is 0 Å². The minimum atomic E-state index is -3.55. The molecule has 11 nitrogen and oxygen atoms in total. The van der Waals surface area contributed by atoms with Gasteiger partial charge in [-0.15, -0.1) is 0 Å². The summed E-state index contributed by atoms with van der Waals surface area (Å²) >= 11 is 6.36. The first-order valence-corrected chi connectivity index (χ1v) is 14.9. The summed E-state index contributed by atoms with van der Waals surface area (Å²) in [5.74, 6) is -1.11.